The van der Waals surface area contributed by atoms with Crippen LogP contribution in [0, 0.1) is 0 Å². The third kappa shape index (κ3) is 2.76. The topological polar surface area (TPSA) is 72.0 Å². The smallest absolute Gasteiger partial charge is 0.207 e. The zero-order valence-electron chi connectivity index (χ0n) is 12.0. The Balaban J connectivity index is 1.73. The molecule has 23 heavy (non-hydrogen) atoms. The number of hydrogen-bond acceptors (Lipinski definition) is 6. The van der Waals surface area contributed by atoms with E-state index in [1.165, 1.54) is 0 Å². The molecule has 1 aliphatic rings. The van der Waals surface area contributed by atoms with Crippen LogP contribution < -0.4 is 4.72 Å². The highest BCUT2D eigenvalue weighted by atomic mass is 32.2. The van der Waals surface area contributed by atoms with Crippen LogP contribution >= 0.6 is 23.5 Å². The molecule has 8 heteroatoms. The SMILES string of the molecule is O=S(=O)(NC1CCSc2ccccc21)c1cccc2nsnc12. The van der Waals surface area contributed by atoms with E-state index >= 15 is 0 Å². The molecule has 0 radical (unpaired) electrons. The fourth-order valence-electron chi connectivity index (χ4n) is 2.71. The summed E-state index contributed by atoms with van der Waals surface area (Å²) in [7, 11) is -3.65. The highest BCUT2D eigenvalue weighted by molar-refractivity contribution is 7.99. The fourth-order valence-corrected chi connectivity index (χ4v) is 5.85. The van der Waals surface area contributed by atoms with Crippen LogP contribution in [0.25, 0.3) is 11.0 Å². The van der Waals surface area contributed by atoms with Crippen molar-refractivity contribution in [3.8, 4) is 0 Å². The number of aromatic nitrogens is 2. The minimum absolute atomic E-state index is 0.194. The van der Waals surface area contributed by atoms with Gasteiger partial charge in [0.15, 0.2) is 0 Å². The molecule has 0 saturated carbocycles. The van der Waals surface area contributed by atoms with Crippen molar-refractivity contribution in [3.63, 3.8) is 0 Å². The standard InChI is InChI=1S/C15H13N3O2S3/c19-23(20,14-7-3-5-12-15(14)17-22-16-12)18-11-8-9-21-13-6-2-1-4-10(11)13/h1-7,11,18H,8-9H2. The molecule has 3 aromatic rings. The molecule has 1 atom stereocenters. The summed E-state index contributed by atoms with van der Waals surface area (Å²) in [5, 5.41) is 0. The van der Waals surface area contributed by atoms with Gasteiger partial charge in [0.2, 0.25) is 10.0 Å². The summed E-state index contributed by atoms with van der Waals surface area (Å²) in [5.74, 6) is 0.895. The van der Waals surface area contributed by atoms with E-state index in [-0.39, 0.29) is 10.9 Å². The Labute approximate surface area is 142 Å². The summed E-state index contributed by atoms with van der Waals surface area (Å²) in [5.41, 5.74) is 2.08. The van der Waals surface area contributed by atoms with Gasteiger partial charge in [-0.25, -0.2) is 13.1 Å². The summed E-state index contributed by atoms with van der Waals surface area (Å²) >= 11 is 2.78. The summed E-state index contributed by atoms with van der Waals surface area (Å²) < 4.78 is 36.8. The highest BCUT2D eigenvalue weighted by Crippen LogP contribution is 2.36. The summed E-state index contributed by atoms with van der Waals surface area (Å²) in [6, 6.07) is 12.8. The van der Waals surface area contributed by atoms with Gasteiger partial charge < -0.3 is 0 Å². The van der Waals surface area contributed by atoms with Gasteiger partial charge in [-0.3, -0.25) is 0 Å². The Morgan fingerprint density at radius 1 is 1.09 bits per heavy atom. The van der Waals surface area contributed by atoms with Crippen molar-refractivity contribution in [3.05, 3.63) is 48.0 Å². The molecule has 0 fully saturated rings. The largest absolute Gasteiger partial charge is 0.243 e. The Kier molecular flexibility index (Phi) is 3.84. The second kappa shape index (κ2) is 5.86. The van der Waals surface area contributed by atoms with Gasteiger partial charge >= 0.3 is 0 Å². The van der Waals surface area contributed by atoms with Gasteiger partial charge in [-0.15, -0.1) is 11.8 Å². The second-order valence-electron chi connectivity index (χ2n) is 5.24. The molecule has 2 aromatic carbocycles. The summed E-state index contributed by atoms with van der Waals surface area (Å²) in [6.07, 6.45) is 0.770. The van der Waals surface area contributed by atoms with Gasteiger partial charge in [-0.2, -0.15) is 8.75 Å². The Hall–Kier alpha value is -1.48. The number of sulfonamides is 1. The Morgan fingerprint density at radius 3 is 2.87 bits per heavy atom. The van der Waals surface area contributed by atoms with Crippen molar-refractivity contribution in [2.75, 3.05) is 5.75 Å². The molecule has 0 bridgehead atoms. The van der Waals surface area contributed by atoms with Gasteiger partial charge in [0.1, 0.15) is 15.9 Å². The molecule has 1 N–H and O–H groups in total. The molecule has 1 unspecified atom stereocenters. The fraction of sp³-hybridized carbons (Fsp3) is 0.200. The molecule has 1 aliphatic heterocycles. The first kappa shape index (κ1) is 15.1. The first-order valence-electron chi connectivity index (χ1n) is 7.10. The van der Waals surface area contributed by atoms with Crippen LogP contribution in [0.15, 0.2) is 52.3 Å². The number of nitrogens with zero attached hydrogens (tertiary/aromatic N) is 2. The Bertz CT molecular complexity index is 969. The normalized spacial score (nSPS) is 18.0. The number of fused-ring (bicyclic) bond motifs is 2. The third-order valence-electron chi connectivity index (χ3n) is 3.79. The van der Waals surface area contributed by atoms with Crippen LogP contribution in [0.1, 0.15) is 18.0 Å². The molecule has 4 rings (SSSR count). The summed E-state index contributed by atoms with van der Waals surface area (Å²) in [4.78, 5) is 1.33. The van der Waals surface area contributed by atoms with Crippen molar-refractivity contribution >= 4 is 44.5 Å². The number of rotatable bonds is 3. The molecule has 1 aromatic heterocycles. The molecule has 0 amide bonds. The van der Waals surface area contributed by atoms with Crippen LogP contribution in [-0.4, -0.2) is 22.9 Å². The van der Waals surface area contributed by atoms with Crippen molar-refractivity contribution in [2.45, 2.75) is 22.3 Å². The predicted octanol–water partition coefficient (Wildman–Crippen LogP) is 3.21. The average molecular weight is 363 g/mol. The van der Waals surface area contributed by atoms with E-state index in [0.29, 0.717) is 11.0 Å². The molecule has 2 heterocycles. The molecule has 0 saturated heterocycles. The number of thioether (sulfide) groups is 1. The lowest BCUT2D eigenvalue weighted by molar-refractivity contribution is 0.546. The van der Waals surface area contributed by atoms with Gasteiger partial charge in [0, 0.05) is 10.9 Å². The molecule has 5 nitrogen and oxygen atoms in total. The van der Waals surface area contributed by atoms with E-state index in [4.69, 9.17) is 0 Å². The molecule has 0 aliphatic carbocycles. The van der Waals surface area contributed by atoms with Crippen molar-refractivity contribution in [1.29, 1.82) is 0 Å². The van der Waals surface area contributed by atoms with E-state index < -0.39 is 10.0 Å². The van der Waals surface area contributed by atoms with Crippen LogP contribution in [0.5, 0.6) is 0 Å². The second-order valence-corrected chi connectivity index (χ2v) is 8.58. The van der Waals surface area contributed by atoms with E-state index in [9.17, 15) is 8.42 Å². The quantitative estimate of drug-likeness (QED) is 0.774. The van der Waals surface area contributed by atoms with Gasteiger partial charge in [-0.1, -0.05) is 24.3 Å². The van der Waals surface area contributed by atoms with Gasteiger partial charge in [0.25, 0.3) is 0 Å². The predicted molar refractivity (Wildman–Crippen MR) is 92.3 cm³/mol. The van der Waals surface area contributed by atoms with E-state index in [1.54, 1.807) is 30.0 Å². The first-order chi connectivity index (χ1) is 11.1. The van der Waals surface area contributed by atoms with Crippen LogP contribution in [0.3, 0.4) is 0 Å². The Morgan fingerprint density at radius 2 is 1.96 bits per heavy atom. The zero-order chi connectivity index (χ0) is 15.9. The lowest BCUT2D eigenvalue weighted by Crippen LogP contribution is -2.30. The van der Waals surface area contributed by atoms with E-state index in [2.05, 4.69) is 13.5 Å². The number of nitrogens with one attached hydrogen (secondary N) is 1. The van der Waals surface area contributed by atoms with Crippen molar-refractivity contribution < 1.29 is 8.42 Å². The highest BCUT2D eigenvalue weighted by Gasteiger charge is 2.27. The van der Waals surface area contributed by atoms with Crippen molar-refractivity contribution in [2.24, 2.45) is 0 Å². The maximum Gasteiger partial charge on any atom is 0.243 e. The molecular formula is C15H13N3O2S3. The minimum Gasteiger partial charge on any atom is -0.207 e. The first-order valence-corrected chi connectivity index (χ1v) is 10.3. The van der Waals surface area contributed by atoms with Gasteiger partial charge in [0.05, 0.1) is 11.7 Å². The number of hydrogen-bond donors (Lipinski definition) is 1. The number of benzene rings is 2. The average Bonchev–Trinajstić information content (AvgIpc) is 3.03. The lowest BCUT2D eigenvalue weighted by atomic mass is 10.1. The van der Waals surface area contributed by atoms with Crippen molar-refractivity contribution in [1.82, 2.24) is 13.5 Å². The lowest BCUT2D eigenvalue weighted by Gasteiger charge is -2.25. The van der Waals surface area contributed by atoms with Crippen LogP contribution in [0.2, 0.25) is 0 Å². The molecular weight excluding hydrogens is 350 g/mol. The van der Waals surface area contributed by atoms with Crippen LogP contribution in [-0.2, 0) is 10.0 Å². The van der Waals surface area contributed by atoms with E-state index in [0.717, 1.165) is 34.4 Å². The molecule has 118 valence electrons. The van der Waals surface area contributed by atoms with E-state index in [1.807, 2.05) is 24.3 Å². The monoisotopic (exact) mass is 363 g/mol. The van der Waals surface area contributed by atoms with Crippen LogP contribution in [0.4, 0.5) is 0 Å². The van der Waals surface area contributed by atoms with Gasteiger partial charge in [-0.05, 0) is 35.9 Å². The maximum atomic E-state index is 12.8. The maximum absolute atomic E-state index is 12.8. The molecule has 0 spiro atoms. The summed E-state index contributed by atoms with van der Waals surface area (Å²) in [6.45, 7) is 0. The minimum atomic E-state index is -3.65. The zero-order valence-corrected chi connectivity index (χ0v) is 14.4. The third-order valence-corrected chi connectivity index (χ3v) is 6.96.